The number of nitrogens with zero attached hydrogens (tertiary/aromatic N) is 1. The van der Waals surface area contributed by atoms with Gasteiger partial charge in [0, 0.05) is 10.5 Å². The van der Waals surface area contributed by atoms with Gasteiger partial charge in [0.25, 0.3) is 6.04 Å². The van der Waals surface area contributed by atoms with Crippen molar-refractivity contribution in [2.24, 2.45) is 0 Å². The summed E-state index contributed by atoms with van der Waals surface area (Å²) < 4.78 is 10.1. The van der Waals surface area contributed by atoms with Crippen LogP contribution in [0.15, 0.2) is 12.1 Å². The third-order valence-electron chi connectivity index (χ3n) is 2.31. The Morgan fingerprint density at radius 1 is 1.36 bits per heavy atom. The summed E-state index contributed by atoms with van der Waals surface area (Å²) in [6.07, 6.45) is 0. The van der Waals surface area contributed by atoms with E-state index < -0.39 is 6.04 Å². The molecule has 1 aliphatic carbocycles. The number of fused-ring (bicyclic) bond motifs is 1. The third-order valence-corrected chi connectivity index (χ3v) is 2.31. The van der Waals surface area contributed by atoms with E-state index in [1.165, 1.54) is 14.2 Å². The highest BCUT2D eigenvalue weighted by Gasteiger charge is 2.48. The lowest BCUT2D eigenvalue weighted by atomic mass is 10.3. The van der Waals surface area contributed by atoms with Crippen molar-refractivity contribution in [3.8, 4) is 11.5 Å². The second-order valence-corrected chi connectivity index (χ2v) is 2.99. The third kappa shape index (κ3) is 1.02. The average molecular weight is 195 g/mol. The summed E-state index contributed by atoms with van der Waals surface area (Å²) in [5.41, 5.74) is 1.35. The van der Waals surface area contributed by atoms with Crippen LogP contribution in [0.1, 0.15) is 17.2 Å². The normalized spacial score (nSPS) is 17.1. The van der Waals surface area contributed by atoms with Crippen molar-refractivity contribution < 1.29 is 14.4 Å². The highest BCUT2D eigenvalue weighted by Crippen LogP contribution is 2.53. The molecule has 0 saturated heterocycles. The molecule has 0 bridgehead atoms. The van der Waals surface area contributed by atoms with Gasteiger partial charge in [0.05, 0.1) is 19.8 Å². The zero-order valence-electron chi connectivity index (χ0n) is 7.81. The summed E-state index contributed by atoms with van der Waals surface area (Å²) >= 11 is 0. The first-order valence-corrected chi connectivity index (χ1v) is 4.09. The fourth-order valence-corrected chi connectivity index (χ4v) is 1.63. The first-order valence-electron chi connectivity index (χ1n) is 4.09. The largest absolute Gasteiger partial charge is 0.493 e. The summed E-state index contributed by atoms with van der Waals surface area (Å²) in [5.74, 6) is 1.02. The molecule has 0 heterocycles. The number of benzene rings is 1. The first-order chi connectivity index (χ1) is 6.70. The standard InChI is InChI=1S/C9H9NO4/c1-13-6-4-3-5-7(9(6)14-2)8(5)10(11)12/h3-4,8H,1-2H3. The van der Waals surface area contributed by atoms with Crippen LogP contribution in [0, 0.1) is 10.1 Å². The molecule has 1 unspecified atom stereocenters. The predicted octanol–water partition coefficient (Wildman–Crippen LogP) is 1.38. The Balaban J connectivity index is 2.45. The van der Waals surface area contributed by atoms with Crippen LogP contribution in [-0.2, 0) is 0 Å². The van der Waals surface area contributed by atoms with E-state index in [1.54, 1.807) is 12.1 Å². The molecule has 5 nitrogen and oxygen atoms in total. The minimum Gasteiger partial charge on any atom is -0.493 e. The number of nitro groups is 1. The summed E-state index contributed by atoms with van der Waals surface area (Å²) in [6, 6.07) is 2.68. The van der Waals surface area contributed by atoms with Crippen molar-refractivity contribution in [2.75, 3.05) is 14.2 Å². The monoisotopic (exact) mass is 195 g/mol. The zero-order chi connectivity index (χ0) is 10.3. The topological polar surface area (TPSA) is 61.6 Å². The van der Waals surface area contributed by atoms with Crippen molar-refractivity contribution >= 4 is 0 Å². The van der Waals surface area contributed by atoms with Crippen LogP contribution in [0.4, 0.5) is 0 Å². The minimum absolute atomic E-state index is 0.327. The maximum Gasteiger partial charge on any atom is 0.268 e. The van der Waals surface area contributed by atoms with Crippen LogP contribution in [0.5, 0.6) is 11.5 Å². The number of hydrogen-bond acceptors (Lipinski definition) is 4. The van der Waals surface area contributed by atoms with Crippen LogP contribution in [0.3, 0.4) is 0 Å². The van der Waals surface area contributed by atoms with Gasteiger partial charge in [-0.2, -0.15) is 0 Å². The van der Waals surface area contributed by atoms with Gasteiger partial charge in [-0.1, -0.05) is 0 Å². The fraction of sp³-hybridized carbons (Fsp3) is 0.333. The smallest absolute Gasteiger partial charge is 0.268 e. The number of methoxy groups -OCH3 is 2. The van der Waals surface area contributed by atoms with Gasteiger partial charge in [-0.05, 0) is 12.1 Å². The van der Waals surface area contributed by atoms with E-state index in [-0.39, 0.29) is 4.92 Å². The second kappa shape index (κ2) is 2.87. The van der Waals surface area contributed by atoms with E-state index >= 15 is 0 Å². The summed E-state index contributed by atoms with van der Waals surface area (Å²) in [7, 11) is 2.99. The van der Waals surface area contributed by atoms with E-state index in [4.69, 9.17) is 9.47 Å². The highest BCUT2D eigenvalue weighted by molar-refractivity contribution is 5.63. The Kier molecular flexibility index (Phi) is 1.80. The summed E-state index contributed by atoms with van der Waals surface area (Å²) in [6.45, 7) is 0. The molecule has 0 saturated carbocycles. The molecule has 0 radical (unpaired) electrons. The zero-order valence-corrected chi connectivity index (χ0v) is 7.81. The van der Waals surface area contributed by atoms with Gasteiger partial charge < -0.3 is 9.47 Å². The van der Waals surface area contributed by atoms with Gasteiger partial charge in [0.2, 0.25) is 0 Å². The molecule has 0 N–H and O–H groups in total. The van der Waals surface area contributed by atoms with E-state index in [1.807, 2.05) is 0 Å². The van der Waals surface area contributed by atoms with Gasteiger partial charge in [-0.15, -0.1) is 0 Å². The Hall–Kier alpha value is -1.78. The average Bonchev–Trinajstić information content (AvgIpc) is 2.89. The van der Waals surface area contributed by atoms with Crippen molar-refractivity contribution in [1.29, 1.82) is 0 Å². The molecule has 0 aliphatic heterocycles. The van der Waals surface area contributed by atoms with Crippen molar-refractivity contribution in [3.63, 3.8) is 0 Å². The lowest BCUT2D eigenvalue weighted by Gasteiger charge is -2.04. The summed E-state index contributed by atoms with van der Waals surface area (Å²) in [4.78, 5) is 10.3. The molecular formula is C9H9NO4. The number of rotatable bonds is 3. The maximum absolute atomic E-state index is 10.6. The van der Waals surface area contributed by atoms with Crippen molar-refractivity contribution in [2.45, 2.75) is 6.04 Å². The van der Waals surface area contributed by atoms with Gasteiger partial charge >= 0.3 is 0 Å². The van der Waals surface area contributed by atoms with Gasteiger partial charge in [0.15, 0.2) is 11.5 Å². The molecule has 2 rings (SSSR count). The van der Waals surface area contributed by atoms with E-state index in [9.17, 15) is 10.1 Å². The molecule has 1 aliphatic rings. The molecule has 1 aromatic carbocycles. The lowest BCUT2D eigenvalue weighted by Crippen LogP contribution is -1.94. The molecule has 14 heavy (non-hydrogen) atoms. The Labute approximate surface area is 80.4 Å². The van der Waals surface area contributed by atoms with Crippen LogP contribution in [0.2, 0.25) is 0 Å². The van der Waals surface area contributed by atoms with Crippen molar-refractivity contribution in [3.05, 3.63) is 33.4 Å². The fourth-order valence-electron chi connectivity index (χ4n) is 1.63. The Bertz CT molecular complexity index is 402. The van der Waals surface area contributed by atoms with Crippen LogP contribution in [0.25, 0.3) is 0 Å². The second-order valence-electron chi connectivity index (χ2n) is 2.99. The van der Waals surface area contributed by atoms with Crippen LogP contribution >= 0.6 is 0 Å². The molecule has 0 amide bonds. The molecule has 1 aromatic rings. The van der Waals surface area contributed by atoms with E-state index in [2.05, 4.69) is 0 Å². The minimum atomic E-state index is -0.700. The molecule has 0 aromatic heterocycles. The number of ether oxygens (including phenoxy) is 2. The molecule has 0 fully saturated rings. The van der Waals surface area contributed by atoms with Crippen molar-refractivity contribution in [1.82, 2.24) is 0 Å². The van der Waals surface area contributed by atoms with Gasteiger partial charge in [0.1, 0.15) is 0 Å². The molecule has 0 spiro atoms. The van der Waals surface area contributed by atoms with E-state index in [0.717, 1.165) is 0 Å². The lowest BCUT2D eigenvalue weighted by molar-refractivity contribution is -0.503. The highest BCUT2D eigenvalue weighted by atomic mass is 16.6. The molecule has 1 atom stereocenters. The molecule has 74 valence electrons. The Morgan fingerprint density at radius 2 is 2.07 bits per heavy atom. The van der Waals surface area contributed by atoms with Gasteiger partial charge in [-0.25, -0.2) is 0 Å². The van der Waals surface area contributed by atoms with Crippen LogP contribution < -0.4 is 9.47 Å². The van der Waals surface area contributed by atoms with Crippen LogP contribution in [-0.4, -0.2) is 19.1 Å². The SMILES string of the molecule is COc1ccc2c(c1OC)C2[N+](=O)[O-]. The molecule has 5 heteroatoms. The number of hydrogen-bond donors (Lipinski definition) is 0. The maximum atomic E-state index is 10.6. The van der Waals surface area contributed by atoms with E-state index in [0.29, 0.717) is 22.6 Å². The van der Waals surface area contributed by atoms with Gasteiger partial charge in [-0.3, -0.25) is 10.1 Å². The predicted molar refractivity (Wildman–Crippen MR) is 48.4 cm³/mol. The first kappa shape index (κ1) is 8.80. The Morgan fingerprint density at radius 3 is 2.57 bits per heavy atom. The summed E-state index contributed by atoms with van der Waals surface area (Å²) in [5, 5.41) is 10.6. The quantitative estimate of drug-likeness (QED) is 0.540. The molecular weight excluding hydrogens is 186 g/mol.